The number of methoxy groups -OCH3 is 1. The molecule has 4 nitrogen and oxygen atoms in total. The number of hydrogen-bond donors (Lipinski definition) is 0. The molecule has 0 N–H and O–H groups in total. The van der Waals surface area contributed by atoms with E-state index in [0.29, 0.717) is 5.56 Å². The Kier molecular flexibility index (Phi) is 30.9. The summed E-state index contributed by atoms with van der Waals surface area (Å²) in [5.74, 6) is -0.345. The van der Waals surface area contributed by atoms with E-state index in [-0.39, 0.29) is 40.5 Å². The first-order chi connectivity index (χ1) is 49.1. The lowest BCUT2D eigenvalue weighted by molar-refractivity contribution is -0.274. The first kappa shape index (κ1) is 78.7. The maximum absolute atomic E-state index is 13.6. The molecule has 11 aromatic carbocycles. The van der Waals surface area contributed by atoms with Crippen molar-refractivity contribution in [2.75, 3.05) is 7.11 Å². The molecule has 12 rings (SSSR count). The van der Waals surface area contributed by atoms with Gasteiger partial charge in [-0.3, -0.25) is 9.59 Å². The van der Waals surface area contributed by atoms with E-state index in [9.17, 15) is 35.9 Å². The number of rotatable bonds is 17. The number of benzene rings is 11. The molecule has 0 amide bonds. The van der Waals surface area contributed by atoms with Crippen molar-refractivity contribution in [3.63, 3.8) is 0 Å². The van der Waals surface area contributed by atoms with Crippen molar-refractivity contribution < 1.29 is 45.4 Å². The second-order valence-electron chi connectivity index (χ2n) is 24.0. The maximum atomic E-state index is 13.6. The van der Waals surface area contributed by atoms with Gasteiger partial charge in [-0.15, -0.1) is 24.5 Å². The van der Waals surface area contributed by atoms with Crippen molar-refractivity contribution in [3.05, 3.63) is 345 Å². The van der Waals surface area contributed by atoms with Crippen LogP contribution < -0.4 is 9.47 Å². The van der Waals surface area contributed by atoms with Crippen LogP contribution in [0.3, 0.4) is 0 Å². The lowest BCUT2D eigenvalue weighted by Crippen LogP contribution is -2.16. The number of aryl methyl sites for hydroxylation is 7. The van der Waals surface area contributed by atoms with E-state index >= 15 is 0 Å². The number of carbonyl (C=O) groups is 2. The van der Waals surface area contributed by atoms with E-state index in [1.165, 1.54) is 98.5 Å². The lowest BCUT2D eigenvalue weighted by atomic mass is 10.0. The van der Waals surface area contributed by atoms with Gasteiger partial charge >= 0.3 is 6.36 Å². The van der Waals surface area contributed by atoms with Crippen molar-refractivity contribution in [2.45, 2.75) is 107 Å². The van der Waals surface area contributed by atoms with Gasteiger partial charge in [-0.25, -0.2) is 13.2 Å². The number of hydrogen-bond acceptors (Lipinski definition) is 5. The molecule has 1 aromatic heterocycles. The van der Waals surface area contributed by atoms with Crippen LogP contribution in [-0.2, 0) is 38.5 Å². The monoisotopic (exact) mass is 1390 g/mol. The van der Waals surface area contributed by atoms with Gasteiger partial charge in [0, 0.05) is 10.4 Å². The highest BCUT2D eigenvalue weighted by atomic mass is 32.1. The zero-order valence-corrected chi connectivity index (χ0v) is 60.4. The first-order valence-electron chi connectivity index (χ1n) is 34.3. The zero-order chi connectivity index (χ0) is 73.6. The summed E-state index contributed by atoms with van der Waals surface area (Å²) in [6.45, 7) is 17.7. The smallest absolute Gasteiger partial charge is 0.494 e. The summed E-state index contributed by atoms with van der Waals surface area (Å²) in [7, 11) is 1.47. The molecule has 102 heavy (non-hydrogen) atoms. The Labute approximate surface area is 602 Å². The van der Waals surface area contributed by atoms with Gasteiger partial charge in [-0.1, -0.05) is 260 Å². The van der Waals surface area contributed by atoms with Crippen LogP contribution in [0.2, 0.25) is 0 Å². The highest BCUT2D eigenvalue weighted by Crippen LogP contribution is 2.32. The van der Waals surface area contributed by atoms with Gasteiger partial charge in [-0.05, 0) is 220 Å². The second-order valence-corrected chi connectivity index (χ2v) is 25.1. The average Bonchev–Trinajstić information content (AvgIpc) is 1.06. The van der Waals surface area contributed by atoms with Crippen LogP contribution in [0.25, 0.3) is 67.1 Å². The van der Waals surface area contributed by atoms with Crippen LogP contribution in [0.15, 0.2) is 267 Å². The minimum Gasteiger partial charge on any atom is -0.494 e. The maximum Gasteiger partial charge on any atom is 0.573 e. The quantitative estimate of drug-likeness (QED) is 0.0518. The minimum absolute atomic E-state index is 0.110. The molecule has 0 spiro atoms. The van der Waals surface area contributed by atoms with Crippen molar-refractivity contribution >= 4 is 35.1 Å². The molecule has 1 heterocycles. The fourth-order valence-corrected chi connectivity index (χ4v) is 11.5. The minimum atomic E-state index is -4.65. The predicted molar refractivity (Wildman–Crippen MR) is 413 cm³/mol. The number of Topliss-reactive ketones (excluding diaryl/α,β-unsaturated/α-hetero) is 2. The van der Waals surface area contributed by atoms with Crippen LogP contribution in [0.1, 0.15) is 125 Å². The third-order valence-electron chi connectivity index (χ3n) is 16.6. The highest BCUT2D eigenvalue weighted by molar-refractivity contribution is 7.17. The highest BCUT2D eigenvalue weighted by Gasteiger charge is 2.31. The molecule has 524 valence electrons. The summed E-state index contributed by atoms with van der Waals surface area (Å²) in [6.07, 6.45) is 5.43. The lowest BCUT2D eigenvalue weighted by Gasteiger charge is -2.09. The van der Waals surface area contributed by atoms with Crippen LogP contribution >= 0.6 is 11.3 Å². The van der Waals surface area contributed by atoms with Gasteiger partial charge in [0.05, 0.1) is 12.0 Å². The molecule has 12 aromatic rings. The third kappa shape index (κ3) is 25.2. The number of ether oxygens (including phenoxy) is 2. The fourth-order valence-electron chi connectivity index (χ4n) is 10.6. The Bertz CT molecular complexity index is 4640. The number of carbonyl (C=O) groups excluding carboxylic acids is 2. The molecule has 0 fully saturated rings. The predicted octanol–water partition coefficient (Wildman–Crippen LogP) is 26.1. The number of halogens is 6. The molecule has 11 heteroatoms. The van der Waals surface area contributed by atoms with E-state index < -0.39 is 6.36 Å². The molecule has 0 atom stereocenters. The van der Waals surface area contributed by atoms with Gasteiger partial charge in [-0.2, -0.15) is 0 Å². The molecular formula is C91H88F6O4S. The summed E-state index contributed by atoms with van der Waals surface area (Å²) < 4.78 is 84.3. The normalized spacial score (nSPS) is 10.6. The van der Waals surface area contributed by atoms with Crippen LogP contribution in [0, 0.1) is 24.4 Å². The molecule has 0 aliphatic heterocycles. The Morgan fingerprint density at radius 1 is 0.382 bits per heavy atom. The molecule has 0 unspecified atom stereocenters. The standard InChI is InChI=1S/C16H15F.C16H16O.C15H13F3O.C15H15FO.C15H15F.C14H14OS/c1-2-13-4-3-5-15(12-13)7-6-14-8-10-16(17)11-9-14;1-3-13-5-4-6-16(11-13)15-9-7-14(8-10-15)12(2)17;1-2-11-4-3-5-13(10-11)12-6-8-14(9-7-12)19-15(16,17)18;1-3-11-5-4-6-12(9-11)13-7-8-15(17-2)14(16)10-13;1-3-12-5-4-6-13(10-12)14-7-8-15(16)11(2)9-14;1-3-11-5-4-6-12(9-11)14-8-7-13(16-14)10(2)15/h3-12H,2H2,1H3;4-11H,3H2,1-2H3;3-10H,2H2,1H3;4-10H,3H2,1-2H3;4-10H,3H2,1-2H3;4-9H,3H2,1-2H3/b7-6+;;;;;. The summed E-state index contributed by atoms with van der Waals surface area (Å²) in [5.41, 5.74) is 20.9. The Balaban J connectivity index is 0.000000172. The van der Waals surface area contributed by atoms with Gasteiger partial charge in [0.25, 0.3) is 0 Å². The van der Waals surface area contributed by atoms with Gasteiger partial charge < -0.3 is 9.47 Å². The van der Waals surface area contributed by atoms with Crippen LogP contribution in [0.4, 0.5) is 26.3 Å². The first-order valence-corrected chi connectivity index (χ1v) is 35.1. The Morgan fingerprint density at radius 2 is 0.775 bits per heavy atom. The molecule has 0 aliphatic carbocycles. The summed E-state index contributed by atoms with van der Waals surface area (Å²) in [4.78, 5) is 24.4. The number of alkyl halides is 3. The topological polar surface area (TPSA) is 52.6 Å². The van der Waals surface area contributed by atoms with Crippen molar-refractivity contribution in [3.8, 4) is 66.4 Å². The number of thiophene rings is 1. The van der Waals surface area contributed by atoms with E-state index in [2.05, 4.69) is 149 Å². The number of ketones is 2. The largest absolute Gasteiger partial charge is 0.573 e. The van der Waals surface area contributed by atoms with Gasteiger partial charge in [0.15, 0.2) is 23.1 Å². The van der Waals surface area contributed by atoms with E-state index in [1.807, 2.05) is 109 Å². The van der Waals surface area contributed by atoms with Gasteiger partial charge in [0.1, 0.15) is 17.4 Å². The third-order valence-corrected chi connectivity index (χ3v) is 17.9. The molecule has 0 saturated heterocycles. The van der Waals surface area contributed by atoms with E-state index in [1.54, 1.807) is 62.4 Å². The summed E-state index contributed by atoms with van der Waals surface area (Å²) >= 11 is 1.56. The molecule has 0 aliphatic rings. The van der Waals surface area contributed by atoms with Crippen LogP contribution in [-0.4, -0.2) is 25.0 Å². The Hall–Kier alpha value is -10.6. The average molecular weight is 1390 g/mol. The van der Waals surface area contributed by atoms with Gasteiger partial charge in [0.2, 0.25) is 0 Å². The summed E-state index contributed by atoms with van der Waals surface area (Å²) in [6, 6.07) is 84.2. The van der Waals surface area contributed by atoms with Crippen molar-refractivity contribution in [1.82, 2.24) is 0 Å². The van der Waals surface area contributed by atoms with Crippen LogP contribution in [0.5, 0.6) is 11.5 Å². The second kappa shape index (κ2) is 40.0. The molecule has 0 saturated carbocycles. The molecule has 0 bridgehead atoms. The summed E-state index contributed by atoms with van der Waals surface area (Å²) in [5, 5.41) is 0. The fraction of sp³-hybridized carbons (Fsp3) is 0.187. The SMILES string of the molecule is CCc1cccc(-c2ccc(C(C)=O)cc2)c1.CCc1cccc(-c2ccc(C(C)=O)s2)c1.CCc1cccc(-c2ccc(F)c(C)c2)c1.CCc1cccc(-c2ccc(OC(F)(F)F)cc2)c1.CCc1cccc(-c2ccc(OC)c(F)c2)c1.CCc1cccc(/C=C/c2ccc(F)cc2)c1. The Morgan fingerprint density at radius 3 is 1.20 bits per heavy atom. The molecule has 0 radical (unpaired) electrons. The van der Waals surface area contributed by atoms with Crippen molar-refractivity contribution in [1.29, 1.82) is 0 Å². The molecular weight excluding hydrogens is 1300 g/mol. The van der Waals surface area contributed by atoms with Crippen molar-refractivity contribution in [2.24, 2.45) is 0 Å². The van der Waals surface area contributed by atoms with E-state index in [0.717, 1.165) is 93.5 Å². The zero-order valence-electron chi connectivity index (χ0n) is 59.6. The van der Waals surface area contributed by atoms with E-state index in [4.69, 9.17) is 4.74 Å².